The molecule has 0 rings (SSSR count). The molecule has 0 saturated carbocycles. The molecule has 0 spiro atoms. The van der Waals surface area contributed by atoms with E-state index in [4.69, 9.17) is 14.6 Å². The second-order valence-electron chi connectivity index (χ2n) is 8.32. The SMILES string of the molecule is CCCCOCCOCCC(=O)NCCCC[C@H](NC(=O)C(C)(C)CCC(=O)O)C(=O)O. The number of amides is 2. The maximum absolute atomic E-state index is 12.3. The summed E-state index contributed by atoms with van der Waals surface area (Å²) < 4.78 is 10.7. The summed E-state index contributed by atoms with van der Waals surface area (Å²) in [5, 5.41) is 23.4. The molecule has 0 aliphatic heterocycles. The fraction of sp³-hybridized carbons (Fsp3) is 0.818. The number of carbonyl (C=O) groups is 4. The van der Waals surface area contributed by atoms with E-state index in [1.165, 1.54) is 0 Å². The molecule has 0 unspecified atom stereocenters. The Labute approximate surface area is 190 Å². The molecule has 186 valence electrons. The average molecular weight is 461 g/mol. The summed E-state index contributed by atoms with van der Waals surface area (Å²) in [6.07, 6.45) is 3.57. The third kappa shape index (κ3) is 15.6. The van der Waals surface area contributed by atoms with Crippen LogP contribution in [0.2, 0.25) is 0 Å². The largest absolute Gasteiger partial charge is 0.481 e. The number of rotatable bonds is 20. The predicted molar refractivity (Wildman–Crippen MR) is 118 cm³/mol. The van der Waals surface area contributed by atoms with Gasteiger partial charge in [-0.1, -0.05) is 27.2 Å². The van der Waals surface area contributed by atoms with E-state index in [0.717, 1.165) is 19.4 Å². The van der Waals surface area contributed by atoms with Gasteiger partial charge >= 0.3 is 11.9 Å². The van der Waals surface area contributed by atoms with Crippen LogP contribution in [0, 0.1) is 5.41 Å². The number of hydrogen-bond acceptors (Lipinski definition) is 6. The summed E-state index contributed by atoms with van der Waals surface area (Å²) in [5.74, 6) is -2.78. The van der Waals surface area contributed by atoms with Crippen molar-refractivity contribution in [3.8, 4) is 0 Å². The van der Waals surface area contributed by atoms with Crippen molar-refractivity contribution < 1.29 is 38.9 Å². The minimum absolute atomic E-state index is 0.113. The lowest BCUT2D eigenvalue weighted by Crippen LogP contribution is -2.46. The van der Waals surface area contributed by atoms with Crippen LogP contribution in [-0.2, 0) is 28.7 Å². The lowest BCUT2D eigenvalue weighted by atomic mass is 9.86. The van der Waals surface area contributed by atoms with Crippen LogP contribution in [0.5, 0.6) is 0 Å². The summed E-state index contributed by atoms with van der Waals surface area (Å²) in [4.78, 5) is 46.3. The van der Waals surface area contributed by atoms with Crippen molar-refractivity contribution in [2.75, 3.05) is 33.0 Å². The zero-order valence-electron chi connectivity index (χ0n) is 19.6. The van der Waals surface area contributed by atoms with Gasteiger partial charge in [0.1, 0.15) is 6.04 Å². The van der Waals surface area contributed by atoms with E-state index in [9.17, 15) is 24.3 Å². The molecule has 0 saturated heterocycles. The third-order valence-corrected chi connectivity index (χ3v) is 4.91. The molecule has 32 heavy (non-hydrogen) atoms. The standard InChI is InChI=1S/C22H40N2O8/c1-4-5-13-31-15-16-32-14-10-18(25)23-12-7-6-8-17(20(28)29)24-21(30)22(2,3)11-9-19(26)27/h17H,4-16H2,1-3H3,(H,23,25)(H,24,30)(H,26,27)(H,28,29)/t17-/m0/s1. The van der Waals surface area contributed by atoms with Crippen molar-refractivity contribution in [1.82, 2.24) is 10.6 Å². The van der Waals surface area contributed by atoms with Gasteiger partial charge in [-0.3, -0.25) is 14.4 Å². The molecule has 0 aromatic heterocycles. The Kier molecular flexibility index (Phi) is 16.2. The zero-order valence-corrected chi connectivity index (χ0v) is 19.6. The van der Waals surface area contributed by atoms with Gasteiger partial charge in [0.2, 0.25) is 11.8 Å². The maximum atomic E-state index is 12.3. The van der Waals surface area contributed by atoms with Crippen molar-refractivity contribution in [1.29, 1.82) is 0 Å². The van der Waals surface area contributed by atoms with Crippen molar-refractivity contribution in [2.45, 2.75) is 78.2 Å². The molecular weight excluding hydrogens is 420 g/mol. The van der Waals surface area contributed by atoms with Crippen LogP contribution in [0.4, 0.5) is 0 Å². The minimum atomic E-state index is -1.15. The molecule has 2 amide bonds. The molecule has 0 heterocycles. The van der Waals surface area contributed by atoms with Gasteiger partial charge in [-0.05, 0) is 32.1 Å². The van der Waals surface area contributed by atoms with Crippen molar-refractivity contribution in [3.63, 3.8) is 0 Å². The van der Waals surface area contributed by atoms with E-state index in [-0.39, 0.29) is 31.6 Å². The average Bonchev–Trinajstić information content (AvgIpc) is 2.72. The summed E-state index contributed by atoms with van der Waals surface area (Å²) in [5.41, 5.74) is -0.982. The number of hydrogen-bond donors (Lipinski definition) is 4. The van der Waals surface area contributed by atoms with Crippen LogP contribution < -0.4 is 10.6 Å². The number of carboxylic acid groups (broad SMARTS) is 2. The van der Waals surface area contributed by atoms with Crippen molar-refractivity contribution >= 4 is 23.8 Å². The van der Waals surface area contributed by atoms with E-state index >= 15 is 0 Å². The molecule has 0 aliphatic carbocycles. The van der Waals surface area contributed by atoms with Crippen LogP contribution in [0.3, 0.4) is 0 Å². The summed E-state index contributed by atoms with van der Waals surface area (Å²) in [7, 11) is 0. The number of nitrogens with one attached hydrogen (secondary N) is 2. The first-order chi connectivity index (χ1) is 15.1. The Morgan fingerprint density at radius 1 is 0.906 bits per heavy atom. The van der Waals surface area contributed by atoms with Gasteiger partial charge < -0.3 is 30.3 Å². The van der Waals surface area contributed by atoms with Crippen LogP contribution in [-0.4, -0.2) is 73.0 Å². The van der Waals surface area contributed by atoms with E-state index in [1.54, 1.807) is 13.8 Å². The Bertz CT molecular complexity index is 580. The molecule has 1 atom stereocenters. The number of aliphatic carboxylic acids is 2. The predicted octanol–water partition coefficient (Wildman–Crippen LogP) is 1.96. The highest BCUT2D eigenvalue weighted by Crippen LogP contribution is 2.23. The Balaban J connectivity index is 3.99. The fourth-order valence-electron chi connectivity index (χ4n) is 2.67. The van der Waals surface area contributed by atoms with Crippen LogP contribution >= 0.6 is 0 Å². The number of carboxylic acids is 2. The first-order valence-electron chi connectivity index (χ1n) is 11.3. The highest BCUT2D eigenvalue weighted by atomic mass is 16.5. The normalized spacial score (nSPS) is 12.2. The Morgan fingerprint density at radius 3 is 2.16 bits per heavy atom. The van der Waals surface area contributed by atoms with Gasteiger partial charge in [0.15, 0.2) is 0 Å². The Morgan fingerprint density at radius 2 is 1.56 bits per heavy atom. The molecule has 0 fully saturated rings. The molecule has 10 nitrogen and oxygen atoms in total. The highest BCUT2D eigenvalue weighted by Gasteiger charge is 2.31. The summed E-state index contributed by atoms with van der Waals surface area (Å²) in [6, 6.07) is -1.06. The van der Waals surface area contributed by atoms with Crippen LogP contribution in [0.1, 0.15) is 72.1 Å². The molecule has 0 bridgehead atoms. The van der Waals surface area contributed by atoms with Crippen molar-refractivity contribution in [3.05, 3.63) is 0 Å². The minimum Gasteiger partial charge on any atom is -0.481 e. The van der Waals surface area contributed by atoms with Gasteiger partial charge in [-0.25, -0.2) is 4.79 Å². The molecule has 0 aliphatic rings. The van der Waals surface area contributed by atoms with Gasteiger partial charge in [0, 0.05) is 31.4 Å². The number of ether oxygens (including phenoxy) is 2. The monoisotopic (exact) mass is 460 g/mol. The van der Waals surface area contributed by atoms with Gasteiger partial charge in [0.05, 0.1) is 19.8 Å². The van der Waals surface area contributed by atoms with Gasteiger partial charge in [-0.15, -0.1) is 0 Å². The third-order valence-electron chi connectivity index (χ3n) is 4.91. The van der Waals surface area contributed by atoms with Gasteiger partial charge in [0.25, 0.3) is 0 Å². The lowest BCUT2D eigenvalue weighted by Gasteiger charge is -2.25. The smallest absolute Gasteiger partial charge is 0.326 e. The van der Waals surface area contributed by atoms with E-state index in [1.807, 2.05) is 0 Å². The highest BCUT2D eigenvalue weighted by molar-refractivity contribution is 5.87. The molecule has 0 aromatic rings. The summed E-state index contributed by atoms with van der Waals surface area (Å²) in [6.45, 7) is 7.67. The second kappa shape index (κ2) is 17.4. The molecule has 4 N–H and O–H groups in total. The molecule has 10 heteroatoms. The molecular formula is C22H40N2O8. The Hall–Kier alpha value is -2.20. The first kappa shape index (κ1) is 29.8. The van der Waals surface area contributed by atoms with Crippen LogP contribution in [0.25, 0.3) is 0 Å². The fourth-order valence-corrected chi connectivity index (χ4v) is 2.67. The lowest BCUT2D eigenvalue weighted by molar-refractivity contribution is -0.144. The molecule has 0 radical (unpaired) electrons. The van der Waals surface area contributed by atoms with E-state index in [2.05, 4.69) is 17.6 Å². The van der Waals surface area contributed by atoms with Crippen molar-refractivity contribution in [2.24, 2.45) is 5.41 Å². The van der Waals surface area contributed by atoms with Crippen LogP contribution in [0.15, 0.2) is 0 Å². The zero-order chi connectivity index (χ0) is 24.4. The molecule has 0 aromatic carbocycles. The van der Waals surface area contributed by atoms with E-state index < -0.39 is 29.3 Å². The first-order valence-corrected chi connectivity index (χ1v) is 11.3. The topological polar surface area (TPSA) is 151 Å². The summed E-state index contributed by atoms with van der Waals surface area (Å²) >= 11 is 0. The van der Waals surface area contributed by atoms with Gasteiger partial charge in [-0.2, -0.15) is 0 Å². The number of carbonyl (C=O) groups excluding carboxylic acids is 2. The number of unbranched alkanes of at least 4 members (excludes halogenated alkanes) is 2. The quantitative estimate of drug-likeness (QED) is 0.201. The maximum Gasteiger partial charge on any atom is 0.326 e. The second-order valence-corrected chi connectivity index (χ2v) is 8.32. The van der Waals surface area contributed by atoms with E-state index in [0.29, 0.717) is 39.2 Å².